The van der Waals surface area contributed by atoms with Crippen LogP contribution in [-0.4, -0.2) is 56.9 Å². The van der Waals surface area contributed by atoms with Crippen molar-refractivity contribution in [3.63, 3.8) is 0 Å². The first-order chi connectivity index (χ1) is 20.1. The van der Waals surface area contributed by atoms with E-state index in [1.54, 1.807) is 12.1 Å². The summed E-state index contributed by atoms with van der Waals surface area (Å²) in [5, 5.41) is 2.96. The Bertz CT molecular complexity index is 1400. The molecular formula is C32H40FN3O5S. The first-order valence-corrected chi connectivity index (χ1v) is 15.7. The summed E-state index contributed by atoms with van der Waals surface area (Å²) in [6.07, 6.45) is 1.53. The van der Waals surface area contributed by atoms with Gasteiger partial charge < -0.3 is 15.0 Å². The van der Waals surface area contributed by atoms with Crippen molar-refractivity contribution in [2.24, 2.45) is 0 Å². The molecule has 42 heavy (non-hydrogen) atoms. The molecule has 3 rings (SSSR count). The van der Waals surface area contributed by atoms with Gasteiger partial charge in [-0.3, -0.25) is 13.9 Å². The third-order valence-electron chi connectivity index (χ3n) is 6.99. The first kappa shape index (κ1) is 32.6. The average Bonchev–Trinajstić information content (AvgIpc) is 2.99. The zero-order valence-corrected chi connectivity index (χ0v) is 25.4. The molecule has 0 saturated carbocycles. The fraction of sp³-hybridized carbons (Fsp3) is 0.375. The molecule has 0 heterocycles. The molecule has 2 amide bonds. The zero-order chi connectivity index (χ0) is 30.7. The Morgan fingerprint density at radius 1 is 0.905 bits per heavy atom. The van der Waals surface area contributed by atoms with E-state index in [0.29, 0.717) is 25.2 Å². The number of ether oxygens (including phenoxy) is 1. The quantitative estimate of drug-likeness (QED) is 0.260. The van der Waals surface area contributed by atoms with Gasteiger partial charge in [-0.05, 0) is 87.2 Å². The molecule has 0 aliphatic rings. The van der Waals surface area contributed by atoms with E-state index >= 15 is 0 Å². The topological polar surface area (TPSA) is 96.0 Å². The van der Waals surface area contributed by atoms with E-state index in [2.05, 4.69) is 5.32 Å². The molecule has 0 aromatic heterocycles. The van der Waals surface area contributed by atoms with Crippen molar-refractivity contribution in [3.05, 3.63) is 90.2 Å². The Morgan fingerprint density at radius 3 is 2.12 bits per heavy atom. The van der Waals surface area contributed by atoms with Gasteiger partial charge >= 0.3 is 0 Å². The van der Waals surface area contributed by atoms with Crippen LogP contribution in [0.25, 0.3) is 0 Å². The fourth-order valence-electron chi connectivity index (χ4n) is 4.47. The van der Waals surface area contributed by atoms with Crippen molar-refractivity contribution < 1.29 is 27.1 Å². The molecule has 0 bridgehead atoms. The number of hydrogen-bond acceptors (Lipinski definition) is 5. The Morgan fingerprint density at radius 2 is 1.55 bits per heavy atom. The zero-order valence-electron chi connectivity index (χ0n) is 24.6. The maximum Gasteiger partial charge on any atom is 0.264 e. The summed E-state index contributed by atoms with van der Waals surface area (Å²) >= 11 is 0. The van der Waals surface area contributed by atoms with Crippen LogP contribution in [-0.2, 0) is 26.0 Å². The highest BCUT2D eigenvalue weighted by molar-refractivity contribution is 7.92. The number of amides is 2. The maximum absolute atomic E-state index is 14.0. The molecule has 226 valence electrons. The molecular weight excluding hydrogens is 557 g/mol. The second kappa shape index (κ2) is 15.3. The van der Waals surface area contributed by atoms with Crippen LogP contribution in [0, 0.1) is 5.82 Å². The molecule has 0 aliphatic heterocycles. The SMILES string of the molecule is CCOc1ccc(S(=O)(=O)N(CC(=O)N(CCc2ccccc2)[C@H](CC)C(=O)N[C@H](C)CC)c2ccc(F)cc2)cc1. The largest absolute Gasteiger partial charge is 0.494 e. The van der Waals surface area contributed by atoms with E-state index in [1.165, 1.54) is 29.2 Å². The minimum Gasteiger partial charge on any atom is -0.494 e. The highest BCUT2D eigenvalue weighted by Crippen LogP contribution is 2.26. The lowest BCUT2D eigenvalue weighted by atomic mass is 10.1. The van der Waals surface area contributed by atoms with Gasteiger partial charge in [0.15, 0.2) is 0 Å². The summed E-state index contributed by atoms with van der Waals surface area (Å²) in [4.78, 5) is 28.7. The minimum atomic E-state index is -4.26. The molecule has 3 aromatic rings. The molecule has 1 N–H and O–H groups in total. The Balaban J connectivity index is 2.00. The van der Waals surface area contributed by atoms with E-state index in [0.717, 1.165) is 28.4 Å². The number of rotatable bonds is 15. The lowest BCUT2D eigenvalue weighted by Gasteiger charge is -2.33. The van der Waals surface area contributed by atoms with E-state index in [4.69, 9.17) is 4.74 Å². The van der Waals surface area contributed by atoms with Gasteiger partial charge in [-0.25, -0.2) is 12.8 Å². The van der Waals surface area contributed by atoms with Gasteiger partial charge in [-0.2, -0.15) is 0 Å². The maximum atomic E-state index is 14.0. The van der Waals surface area contributed by atoms with Crippen molar-refractivity contribution in [3.8, 4) is 5.75 Å². The second-order valence-corrected chi connectivity index (χ2v) is 11.8. The summed E-state index contributed by atoms with van der Waals surface area (Å²) in [5.41, 5.74) is 1.10. The lowest BCUT2D eigenvalue weighted by molar-refractivity contribution is -0.139. The van der Waals surface area contributed by atoms with Crippen molar-refractivity contribution in [1.82, 2.24) is 10.2 Å². The van der Waals surface area contributed by atoms with Gasteiger partial charge in [0, 0.05) is 12.6 Å². The number of anilines is 1. The van der Waals surface area contributed by atoms with Gasteiger partial charge in [0.05, 0.1) is 17.2 Å². The van der Waals surface area contributed by atoms with Gasteiger partial charge in [-0.1, -0.05) is 44.2 Å². The third-order valence-corrected chi connectivity index (χ3v) is 8.78. The van der Waals surface area contributed by atoms with Gasteiger partial charge in [0.25, 0.3) is 10.0 Å². The van der Waals surface area contributed by atoms with Crippen molar-refractivity contribution in [2.75, 3.05) is 24.0 Å². The number of sulfonamides is 1. The fourth-order valence-corrected chi connectivity index (χ4v) is 5.89. The smallest absolute Gasteiger partial charge is 0.264 e. The summed E-state index contributed by atoms with van der Waals surface area (Å²) < 4.78 is 48.1. The van der Waals surface area contributed by atoms with E-state index in [9.17, 15) is 22.4 Å². The number of nitrogens with one attached hydrogen (secondary N) is 1. The highest BCUT2D eigenvalue weighted by Gasteiger charge is 2.33. The number of nitrogens with zero attached hydrogens (tertiary/aromatic N) is 2. The molecule has 2 atom stereocenters. The van der Waals surface area contributed by atoms with Crippen LogP contribution in [0.5, 0.6) is 5.75 Å². The summed E-state index contributed by atoms with van der Waals surface area (Å²) in [5.74, 6) is -0.876. The Kier molecular flexibility index (Phi) is 11.9. The number of carbonyl (C=O) groups is 2. The predicted molar refractivity (Wildman–Crippen MR) is 162 cm³/mol. The summed E-state index contributed by atoms with van der Waals surface area (Å²) in [6.45, 7) is 7.53. The van der Waals surface area contributed by atoms with Gasteiger partial charge in [0.1, 0.15) is 24.2 Å². The first-order valence-electron chi connectivity index (χ1n) is 14.3. The molecule has 10 heteroatoms. The molecule has 3 aromatic carbocycles. The van der Waals surface area contributed by atoms with Crippen LogP contribution < -0.4 is 14.4 Å². The molecule has 0 radical (unpaired) electrons. The monoisotopic (exact) mass is 597 g/mol. The second-order valence-electron chi connectivity index (χ2n) is 9.96. The third kappa shape index (κ3) is 8.55. The molecule has 0 saturated heterocycles. The summed E-state index contributed by atoms with van der Waals surface area (Å²) in [6, 6.07) is 19.5. The molecule has 0 unspecified atom stereocenters. The predicted octanol–water partition coefficient (Wildman–Crippen LogP) is 5.18. The van der Waals surface area contributed by atoms with Crippen LogP contribution in [0.2, 0.25) is 0 Å². The van der Waals surface area contributed by atoms with Crippen molar-refractivity contribution >= 4 is 27.5 Å². The van der Waals surface area contributed by atoms with Gasteiger partial charge in [-0.15, -0.1) is 0 Å². The number of benzene rings is 3. The highest BCUT2D eigenvalue weighted by atomic mass is 32.2. The van der Waals surface area contributed by atoms with E-state index in [1.807, 2.05) is 58.0 Å². The van der Waals surface area contributed by atoms with E-state index < -0.39 is 34.3 Å². The van der Waals surface area contributed by atoms with Crippen LogP contribution in [0.1, 0.15) is 46.1 Å². The number of halogens is 1. The Hall–Kier alpha value is -3.92. The van der Waals surface area contributed by atoms with E-state index in [-0.39, 0.29) is 29.1 Å². The van der Waals surface area contributed by atoms with Crippen LogP contribution in [0.3, 0.4) is 0 Å². The molecule has 0 aliphatic carbocycles. The standard InChI is InChI=1S/C32H40FN3O5S/c1-5-24(4)34-32(38)30(6-2)35(22-21-25-11-9-8-10-12-25)31(37)23-36(27-15-13-26(33)14-16-27)42(39,40)29-19-17-28(18-20-29)41-7-3/h8-20,24,30H,5-7,21-23H2,1-4H3,(H,34,38)/t24-,30-/m1/s1. The van der Waals surface area contributed by atoms with Crippen LogP contribution >= 0.6 is 0 Å². The van der Waals surface area contributed by atoms with Crippen molar-refractivity contribution in [1.29, 1.82) is 0 Å². The summed E-state index contributed by atoms with van der Waals surface area (Å²) in [7, 11) is -4.26. The normalized spacial score (nSPS) is 12.7. The van der Waals surface area contributed by atoms with Crippen molar-refractivity contribution in [2.45, 2.75) is 63.9 Å². The average molecular weight is 598 g/mol. The molecule has 8 nitrogen and oxygen atoms in total. The number of carbonyl (C=O) groups excluding carboxylic acids is 2. The molecule has 0 spiro atoms. The van der Waals surface area contributed by atoms with Crippen LogP contribution in [0.15, 0.2) is 83.8 Å². The molecule has 0 fully saturated rings. The van der Waals surface area contributed by atoms with Gasteiger partial charge in [0.2, 0.25) is 11.8 Å². The van der Waals surface area contributed by atoms with Crippen LogP contribution in [0.4, 0.5) is 10.1 Å². The Labute approximate surface area is 248 Å². The number of hydrogen-bond donors (Lipinski definition) is 1. The lowest BCUT2D eigenvalue weighted by Crippen LogP contribution is -2.54. The minimum absolute atomic E-state index is 0.0551.